The number of aromatic nitrogens is 1. The van der Waals surface area contributed by atoms with Gasteiger partial charge in [-0.2, -0.15) is 0 Å². The Bertz CT molecular complexity index is 943. The molecule has 1 heterocycles. The predicted octanol–water partition coefficient (Wildman–Crippen LogP) is 4.85. The molecular formula is C16H10Cl2N2O3. The second kappa shape index (κ2) is 5.68. The third-order valence-electron chi connectivity index (χ3n) is 3.56. The van der Waals surface area contributed by atoms with Gasteiger partial charge in [-0.3, -0.25) is 19.5 Å². The topological polar surface area (TPSA) is 65.1 Å². The molecule has 23 heavy (non-hydrogen) atoms. The maximum atomic E-state index is 12.9. The maximum Gasteiger partial charge on any atom is 0.270 e. The van der Waals surface area contributed by atoms with E-state index < -0.39 is 4.92 Å². The van der Waals surface area contributed by atoms with Gasteiger partial charge in [-0.25, -0.2) is 0 Å². The molecule has 0 spiro atoms. The maximum absolute atomic E-state index is 12.9. The van der Waals surface area contributed by atoms with Gasteiger partial charge in [0.1, 0.15) is 0 Å². The summed E-state index contributed by atoms with van der Waals surface area (Å²) in [6.07, 6.45) is 0. The number of carbonyl (C=O) groups excluding carboxylic acids is 1. The van der Waals surface area contributed by atoms with Crippen LogP contribution in [0.25, 0.3) is 10.9 Å². The second-order valence-corrected chi connectivity index (χ2v) is 5.84. The molecule has 7 heteroatoms. The normalized spacial score (nSPS) is 10.9. The van der Waals surface area contributed by atoms with Crippen LogP contribution >= 0.6 is 23.2 Å². The number of nitro benzene ring substituents is 1. The van der Waals surface area contributed by atoms with Gasteiger partial charge < -0.3 is 0 Å². The number of nitro groups is 1. The lowest BCUT2D eigenvalue weighted by Crippen LogP contribution is -2.14. The Balaban J connectivity index is 2.22. The van der Waals surface area contributed by atoms with Crippen molar-refractivity contribution in [1.82, 2.24) is 4.57 Å². The first-order valence-electron chi connectivity index (χ1n) is 6.65. The zero-order valence-corrected chi connectivity index (χ0v) is 13.4. The number of benzene rings is 2. The summed E-state index contributed by atoms with van der Waals surface area (Å²) in [5, 5.41) is 12.0. The summed E-state index contributed by atoms with van der Waals surface area (Å²) < 4.78 is 1.45. The second-order valence-electron chi connectivity index (χ2n) is 5.02. The molecule has 3 aromatic rings. The Morgan fingerprint density at radius 3 is 2.39 bits per heavy atom. The van der Waals surface area contributed by atoms with E-state index in [1.165, 1.54) is 16.7 Å². The summed E-state index contributed by atoms with van der Waals surface area (Å²) in [4.78, 5) is 23.3. The Labute approximate surface area is 141 Å². The van der Waals surface area contributed by atoms with Crippen LogP contribution in [-0.2, 0) is 0 Å². The number of halogens is 2. The fraction of sp³-hybridized carbons (Fsp3) is 0.0625. The number of fused-ring (bicyclic) bond motifs is 1. The van der Waals surface area contributed by atoms with E-state index >= 15 is 0 Å². The summed E-state index contributed by atoms with van der Waals surface area (Å²) in [5.41, 5.74) is 1.38. The molecule has 0 unspecified atom stereocenters. The molecule has 0 saturated carbocycles. The molecule has 1 aromatic heterocycles. The van der Waals surface area contributed by atoms with E-state index in [0.29, 0.717) is 16.6 Å². The molecule has 0 amide bonds. The van der Waals surface area contributed by atoms with Gasteiger partial charge in [0.2, 0.25) is 0 Å². The Kier molecular flexibility index (Phi) is 3.83. The highest BCUT2D eigenvalue weighted by molar-refractivity contribution is 6.40. The summed E-state index contributed by atoms with van der Waals surface area (Å²) in [6, 6.07) is 10.9. The van der Waals surface area contributed by atoms with Crippen molar-refractivity contribution in [1.29, 1.82) is 0 Å². The van der Waals surface area contributed by atoms with E-state index in [2.05, 4.69) is 0 Å². The van der Waals surface area contributed by atoms with Gasteiger partial charge in [-0.1, -0.05) is 29.3 Å². The third-order valence-corrected chi connectivity index (χ3v) is 4.19. The average Bonchev–Trinajstić information content (AvgIpc) is 2.81. The van der Waals surface area contributed by atoms with Crippen molar-refractivity contribution in [3.63, 3.8) is 0 Å². The number of rotatable bonds is 2. The Hall–Kier alpha value is -2.37. The number of hydrogen-bond donors (Lipinski definition) is 0. The molecule has 0 fully saturated rings. The molecule has 0 bridgehead atoms. The van der Waals surface area contributed by atoms with Gasteiger partial charge in [0.05, 0.1) is 26.0 Å². The van der Waals surface area contributed by atoms with E-state index in [0.717, 1.165) is 0 Å². The van der Waals surface area contributed by atoms with Gasteiger partial charge >= 0.3 is 0 Å². The van der Waals surface area contributed by atoms with Crippen molar-refractivity contribution in [3.05, 3.63) is 73.9 Å². The highest BCUT2D eigenvalue weighted by Crippen LogP contribution is 2.29. The molecule has 0 saturated heterocycles. The highest BCUT2D eigenvalue weighted by Gasteiger charge is 2.21. The first-order valence-corrected chi connectivity index (χ1v) is 7.41. The SMILES string of the molecule is Cc1cc2cc([N+](=O)[O-])ccc2n1C(=O)c1c(Cl)cccc1Cl. The molecule has 0 atom stereocenters. The van der Waals surface area contributed by atoms with Crippen LogP contribution in [-0.4, -0.2) is 15.4 Å². The molecule has 5 nitrogen and oxygen atoms in total. The molecular weight excluding hydrogens is 339 g/mol. The van der Waals surface area contributed by atoms with Crippen molar-refractivity contribution in [2.45, 2.75) is 6.92 Å². The van der Waals surface area contributed by atoms with Crippen molar-refractivity contribution >= 4 is 45.7 Å². The number of nitrogens with zero attached hydrogens (tertiary/aromatic N) is 2. The van der Waals surface area contributed by atoms with Crippen molar-refractivity contribution in [2.75, 3.05) is 0 Å². The summed E-state index contributed by atoms with van der Waals surface area (Å²) in [7, 11) is 0. The zero-order valence-electron chi connectivity index (χ0n) is 11.9. The van der Waals surface area contributed by atoms with Crippen LogP contribution in [0.2, 0.25) is 10.0 Å². The average molecular weight is 349 g/mol. The van der Waals surface area contributed by atoms with Crippen LogP contribution in [0, 0.1) is 17.0 Å². The van der Waals surface area contributed by atoms with E-state index in [4.69, 9.17) is 23.2 Å². The van der Waals surface area contributed by atoms with Crippen LogP contribution < -0.4 is 0 Å². The summed E-state index contributed by atoms with van der Waals surface area (Å²) in [5.74, 6) is -0.373. The van der Waals surface area contributed by atoms with Gasteiger partial charge in [-0.05, 0) is 31.2 Å². The Morgan fingerprint density at radius 1 is 1.13 bits per heavy atom. The fourth-order valence-electron chi connectivity index (χ4n) is 2.54. The molecule has 0 aliphatic rings. The van der Waals surface area contributed by atoms with Crippen molar-refractivity contribution in [2.24, 2.45) is 0 Å². The number of carbonyl (C=O) groups is 1. The van der Waals surface area contributed by atoms with E-state index in [9.17, 15) is 14.9 Å². The first kappa shape index (κ1) is 15.5. The summed E-state index contributed by atoms with van der Waals surface area (Å²) in [6.45, 7) is 1.74. The molecule has 0 N–H and O–H groups in total. The lowest BCUT2D eigenvalue weighted by Gasteiger charge is -2.10. The molecule has 3 rings (SSSR count). The van der Waals surface area contributed by atoms with Crippen molar-refractivity contribution in [3.8, 4) is 0 Å². The molecule has 116 valence electrons. The van der Waals surface area contributed by atoms with E-state index in [1.807, 2.05) is 0 Å². The van der Waals surface area contributed by atoms with Crippen LogP contribution in [0.15, 0.2) is 42.5 Å². The lowest BCUT2D eigenvalue weighted by atomic mass is 10.2. The van der Waals surface area contributed by atoms with Crippen LogP contribution in [0.4, 0.5) is 5.69 Å². The third kappa shape index (κ3) is 2.58. The Morgan fingerprint density at radius 2 is 1.78 bits per heavy atom. The van der Waals surface area contributed by atoms with Gasteiger partial charge in [0, 0.05) is 23.2 Å². The van der Waals surface area contributed by atoms with Crippen LogP contribution in [0.3, 0.4) is 0 Å². The lowest BCUT2D eigenvalue weighted by molar-refractivity contribution is -0.384. The smallest absolute Gasteiger partial charge is 0.270 e. The number of hydrogen-bond acceptors (Lipinski definition) is 3. The summed E-state index contributed by atoms with van der Waals surface area (Å²) >= 11 is 12.2. The number of non-ortho nitro benzene ring substituents is 1. The van der Waals surface area contributed by atoms with E-state index in [-0.39, 0.29) is 27.2 Å². The van der Waals surface area contributed by atoms with Gasteiger partial charge in [0.25, 0.3) is 11.6 Å². The quantitative estimate of drug-likeness (QED) is 0.490. The highest BCUT2D eigenvalue weighted by atomic mass is 35.5. The minimum atomic E-state index is -0.473. The largest absolute Gasteiger partial charge is 0.280 e. The minimum Gasteiger partial charge on any atom is -0.280 e. The standard InChI is InChI=1S/C16H10Cl2N2O3/c1-9-7-10-8-11(20(22)23)5-6-14(10)19(9)16(21)15-12(17)3-2-4-13(15)18/h2-8H,1H3. The molecule has 2 aromatic carbocycles. The molecule has 0 aliphatic carbocycles. The monoisotopic (exact) mass is 348 g/mol. The van der Waals surface area contributed by atoms with Crippen molar-refractivity contribution < 1.29 is 9.72 Å². The molecule has 0 radical (unpaired) electrons. The number of aryl methyl sites for hydroxylation is 1. The van der Waals surface area contributed by atoms with Gasteiger partial charge in [-0.15, -0.1) is 0 Å². The zero-order chi connectivity index (χ0) is 16.7. The van der Waals surface area contributed by atoms with Gasteiger partial charge in [0.15, 0.2) is 0 Å². The minimum absolute atomic E-state index is 0.0297. The fourth-order valence-corrected chi connectivity index (χ4v) is 3.10. The van der Waals surface area contributed by atoms with E-state index in [1.54, 1.807) is 37.3 Å². The van der Waals surface area contributed by atoms with Crippen LogP contribution in [0.5, 0.6) is 0 Å². The molecule has 0 aliphatic heterocycles. The predicted molar refractivity (Wildman–Crippen MR) is 89.5 cm³/mol. The van der Waals surface area contributed by atoms with Crippen LogP contribution in [0.1, 0.15) is 16.1 Å². The first-order chi connectivity index (χ1) is 10.9.